The van der Waals surface area contributed by atoms with E-state index in [1.807, 2.05) is 0 Å². The molecule has 2 aromatic heterocycles. The Labute approximate surface area is 103 Å². The molecule has 2 heterocycles. The van der Waals surface area contributed by atoms with Crippen LogP contribution in [0.5, 0.6) is 0 Å². The fraction of sp³-hybridized carbons (Fsp3) is 0.333. The SMILES string of the molecule is Cc1nc2c(n1C)C(=O)c1c(nc(C)n1C)C2=O. The molecule has 6 heteroatoms. The number of imidazole rings is 2. The number of carbonyl (C=O) groups excluding carboxylic acids is 2. The minimum absolute atomic E-state index is 0.189. The van der Waals surface area contributed by atoms with E-state index in [9.17, 15) is 9.59 Å². The van der Waals surface area contributed by atoms with E-state index >= 15 is 0 Å². The molecular formula is C12H12N4O2. The van der Waals surface area contributed by atoms with Gasteiger partial charge in [-0.1, -0.05) is 0 Å². The van der Waals surface area contributed by atoms with Gasteiger partial charge in [-0.3, -0.25) is 9.59 Å². The summed E-state index contributed by atoms with van der Waals surface area (Å²) >= 11 is 0. The zero-order valence-electron chi connectivity index (χ0n) is 10.6. The number of nitrogens with zero attached hydrogens (tertiary/aromatic N) is 4. The number of carbonyl (C=O) groups is 2. The minimum atomic E-state index is -0.271. The number of fused-ring (bicyclic) bond motifs is 2. The fourth-order valence-corrected chi connectivity index (χ4v) is 2.28. The van der Waals surface area contributed by atoms with Crippen LogP contribution in [-0.2, 0) is 14.1 Å². The molecule has 0 spiro atoms. The lowest BCUT2D eigenvalue weighted by Crippen LogP contribution is -2.24. The van der Waals surface area contributed by atoms with E-state index in [4.69, 9.17) is 0 Å². The largest absolute Gasteiger partial charge is 0.328 e. The molecule has 6 nitrogen and oxygen atoms in total. The van der Waals surface area contributed by atoms with E-state index < -0.39 is 0 Å². The summed E-state index contributed by atoms with van der Waals surface area (Å²) < 4.78 is 3.31. The van der Waals surface area contributed by atoms with E-state index in [1.54, 1.807) is 37.1 Å². The molecule has 0 amide bonds. The van der Waals surface area contributed by atoms with Gasteiger partial charge >= 0.3 is 0 Å². The van der Waals surface area contributed by atoms with E-state index in [1.165, 1.54) is 0 Å². The van der Waals surface area contributed by atoms with Crippen LogP contribution in [0, 0.1) is 13.8 Å². The van der Waals surface area contributed by atoms with Gasteiger partial charge in [0.2, 0.25) is 11.6 Å². The average molecular weight is 244 g/mol. The molecular weight excluding hydrogens is 232 g/mol. The number of rotatable bonds is 0. The van der Waals surface area contributed by atoms with Gasteiger partial charge in [-0.15, -0.1) is 0 Å². The molecule has 0 bridgehead atoms. The molecule has 1 aliphatic rings. The smallest absolute Gasteiger partial charge is 0.234 e. The van der Waals surface area contributed by atoms with Crippen molar-refractivity contribution in [2.75, 3.05) is 0 Å². The molecule has 0 N–H and O–H groups in total. The Kier molecular flexibility index (Phi) is 1.91. The molecule has 92 valence electrons. The van der Waals surface area contributed by atoms with Gasteiger partial charge < -0.3 is 9.13 Å². The normalized spacial score (nSPS) is 13.8. The molecule has 0 saturated heterocycles. The van der Waals surface area contributed by atoms with Crippen LogP contribution in [-0.4, -0.2) is 30.7 Å². The van der Waals surface area contributed by atoms with Crippen LogP contribution < -0.4 is 0 Å². The van der Waals surface area contributed by atoms with Crippen molar-refractivity contribution in [2.45, 2.75) is 13.8 Å². The second-order valence-corrected chi connectivity index (χ2v) is 4.49. The maximum absolute atomic E-state index is 12.4. The highest BCUT2D eigenvalue weighted by Crippen LogP contribution is 2.27. The lowest BCUT2D eigenvalue weighted by molar-refractivity contribution is 0.0964. The molecule has 0 saturated carbocycles. The van der Waals surface area contributed by atoms with Crippen LogP contribution in [0.25, 0.3) is 0 Å². The first-order valence-corrected chi connectivity index (χ1v) is 5.59. The van der Waals surface area contributed by atoms with Crippen LogP contribution in [0.2, 0.25) is 0 Å². The zero-order chi connectivity index (χ0) is 13.2. The summed E-state index contributed by atoms with van der Waals surface area (Å²) in [5, 5.41) is 0. The Balaban J connectivity index is 2.38. The second kappa shape index (κ2) is 3.16. The first kappa shape index (κ1) is 10.9. The van der Waals surface area contributed by atoms with Crippen molar-refractivity contribution in [1.29, 1.82) is 0 Å². The van der Waals surface area contributed by atoms with Crippen molar-refractivity contribution in [1.82, 2.24) is 19.1 Å². The maximum atomic E-state index is 12.4. The molecule has 0 aromatic carbocycles. The number of hydrogen-bond donors (Lipinski definition) is 0. The molecule has 1 aliphatic carbocycles. The Hall–Kier alpha value is -2.24. The third kappa shape index (κ3) is 1.07. The summed E-state index contributed by atoms with van der Waals surface area (Å²) in [5.41, 5.74) is 1.14. The highest BCUT2D eigenvalue weighted by molar-refractivity contribution is 6.25. The molecule has 0 atom stereocenters. The first-order chi connectivity index (χ1) is 8.43. The van der Waals surface area contributed by atoms with Crippen molar-refractivity contribution in [3.8, 4) is 0 Å². The topological polar surface area (TPSA) is 69.8 Å². The highest BCUT2D eigenvalue weighted by atomic mass is 16.1. The van der Waals surface area contributed by atoms with Crippen molar-refractivity contribution in [3.05, 3.63) is 34.4 Å². The van der Waals surface area contributed by atoms with Gasteiger partial charge in [0.1, 0.15) is 34.4 Å². The van der Waals surface area contributed by atoms with Crippen LogP contribution in [0.3, 0.4) is 0 Å². The van der Waals surface area contributed by atoms with Crippen molar-refractivity contribution >= 4 is 11.6 Å². The number of hydrogen-bond acceptors (Lipinski definition) is 4. The lowest BCUT2D eigenvalue weighted by Gasteiger charge is -2.11. The first-order valence-electron chi connectivity index (χ1n) is 5.59. The average Bonchev–Trinajstić information content (AvgIpc) is 2.77. The Morgan fingerprint density at radius 1 is 0.778 bits per heavy atom. The Morgan fingerprint density at radius 2 is 1.17 bits per heavy atom. The van der Waals surface area contributed by atoms with Gasteiger partial charge in [0.15, 0.2) is 0 Å². The van der Waals surface area contributed by atoms with Crippen LogP contribution in [0.4, 0.5) is 0 Å². The molecule has 0 aliphatic heterocycles. The van der Waals surface area contributed by atoms with E-state index in [2.05, 4.69) is 9.97 Å². The van der Waals surface area contributed by atoms with Gasteiger partial charge in [-0.05, 0) is 13.8 Å². The molecule has 2 aromatic rings. The number of ketones is 2. The van der Waals surface area contributed by atoms with E-state index in [0.717, 1.165) is 0 Å². The van der Waals surface area contributed by atoms with Gasteiger partial charge in [0.25, 0.3) is 0 Å². The quantitative estimate of drug-likeness (QED) is 0.579. The second-order valence-electron chi connectivity index (χ2n) is 4.49. The molecule has 0 unspecified atom stereocenters. The van der Waals surface area contributed by atoms with Crippen molar-refractivity contribution in [2.24, 2.45) is 14.1 Å². The van der Waals surface area contributed by atoms with Gasteiger partial charge in [-0.2, -0.15) is 0 Å². The predicted molar refractivity (Wildman–Crippen MR) is 62.8 cm³/mol. The third-order valence-electron chi connectivity index (χ3n) is 3.50. The van der Waals surface area contributed by atoms with Gasteiger partial charge in [0, 0.05) is 14.1 Å². The van der Waals surface area contributed by atoms with Crippen LogP contribution in [0.15, 0.2) is 0 Å². The van der Waals surface area contributed by atoms with Crippen molar-refractivity contribution in [3.63, 3.8) is 0 Å². The fourth-order valence-electron chi connectivity index (χ4n) is 2.28. The zero-order valence-corrected chi connectivity index (χ0v) is 10.6. The Bertz CT molecular complexity index is 663. The Morgan fingerprint density at radius 3 is 1.56 bits per heavy atom. The molecule has 3 rings (SSSR count). The van der Waals surface area contributed by atoms with Gasteiger partial charge in [0.05, 0.1) is 0 Å². The number of aryl methyl sites for hydroxylation is 2. The van der Waals surface area contributed by atoms with Crippen LogP contribution in [0.1, 0.15) is 44.0 Å². The summed E-state index contributed by atoms with van der Waals surface area (Å²) in [6, 6.07) is 0. The summed E-state index contributed by atoms with van der Waals surface area (Å²) in [7, 11) is 3.47. The van der Waals surface area contributed by atoms with Crippen molar-refractivity contribution < 1.29 is 9.59 Å². The summed E-state index contributed by atoms with van der Waals surface area (Å²) in [6.07, 6.45) is 0. The predicted octanol–water partition coefficient (Wildman–Crippen LogP) is 0.546. The number of aromatic nitrogens is 4. The summed E-state index contributed by atoms with van der Waals surface area (Å²) in [4.78, 5) is 33.1. The van der Waals surface area contributed by atoms with E-state index in [0.29, 0.717) is 23.0 Å². The maximum Gasteiger partial charge on any atom is 0.234 e. The standard InChI is InChI=1S/C12H12N4O2/c1-5-13-7-9(15(5)3)12(18)10-8(11(7)17)14-6(2)16(10)4/h1-4H3. The molecule has 18 heavy (non-hydrogen) atoms. The highest BCUT2D eigenvalue weighted by Gasteiger charge is 2.38. The van der Waals surface area contributed by atoms with E-state index in [-0.39, 0.29) is 23.0 Å². The third-order valence-corrected chi connectivity index (χ3v) is 3.50. The summed E-state index contributed by atoms with van der Waals surface area (Å²) in [5.74, 6) is 0.829. The van der Waals surface area contributed by atoms with Gasteiger partial charge in [-0.25, -0.2) is 9.97 Å². The monoisotopic (exact) mass is 244 g/mol. The molecule has 0 radical (unpaired) electrons. The lowest BCUT2D eigenvalue weighted by atomic mass is 9.99. The molecule has 0 fully saturated rings. The summed E-state index contributed by atoms with van der Waals surface area (Å²) in [6.45, 7) is 3.53. The van der Waals surface area contributed by atoms with Crippen LogP contribution >= 0.6 is 0 Å². The minimum Gasteiger partial charge on any atom is -0.328 e.